The van der Waals surface area contributed by atoms with Crippen LogP contribution in [0.1, 0.15) is 25.5 Å². The van der Waals surface area contributed by atoms with Crippen molar-refractivity contribution in [2.24, 2.45) is 5.73 Å². The number of hydrogen-bond donors (Lipinski definition) is 3. The Morgan fingerprint density at radius 2 is 1.62 bits per heavy atom. The number of esters is 1. The number of hydrogen-bond acceptors (Lipinski definition) is 7. The maximum atomic E-state index is 13.8. The van der Waals surface area contributed by atoms with Gasteiger partial charge in [0.25, 0.3) is 5.91 Å². The van der Waals surface area contributed by atoms with E-state index < -0.39 is 63.4 Å². The number of benzene rings is 1. The summed E-state index contributed by atoms with van der Waals surface area (Å²) in [7, 11) is -3.51. The molecule has 1 rings (SSSR count). The molecule has 182 valence electrons. The number of sulfone groups is 1. The van der Waals surface area contributed by atoms with Crippen molar-refractivity contribution in [3.63, 3.8) is 0 Å². The highest BCUT2D eigenvalue weighted by Crippen LogP contribution is 2.25. The fourth-order valence-electron chi connectivity index (χ4n) is 2.36. The van der Waals surface area contributed by atoms with Crippen LogP contribution in [0.25, 0.3) is 0 Å². The molecular weight excluding hydrogens is 512 g/mol. The van der Waals surface area contributed by atoms with Crippen molar-refractivity contribution in [1.29, 1.82) is 0 Å². The predicted molar refractivity (Wildman–Crippen MR) is 120 cm³/mol. The molecule has 9 nitrogen and oxygen atoms in total. The second-order valence-electron chi connectivity index (χ2n) is 6.79. The second kappa shape index (κ2) is 13.1. The molecular formula is C18H25Cl3FN3O6S. The van der Waals surface area contributed by atoms with E-state index in [4.69, 9.17) is 33.7 Å². The molecule has 4 N–H and O–H groups in total. The third kappa shape index (κ3) is 9.07. The van der Waals surface area contributed by atoms with Crippen molar-refractivity contribution in [2.75, 3.05) is 12.9 Å². The minimum Gasteiger partial charge on any atom is -0.454 e. The number of nitrogens with two attached hydrogens (primary N) is 1. The zero-order valence-corrected chi connectivity index (χ0v) is 20.5. The lowest BCUT2D eigenvalue weighted by molar-refractivity contribution is -0.155. The number of ether oxygens (including phenoxy) is 1. The van der Waals surface area contributed by atoms with E-state index in [0.717, 1.165) is 6.26 Å². The highest BCUT2D eigenvalue weighted by Gasteiger charge is 2.32. The van der Waals surface area contributed by atoms with Crippen LogP contribution in [0.4, 0.5) is 4.39 Å². The molecule has 32 heavy (non-hydrogen) atoms. The van der Waals surface area contributed by atoms with E-state index in [9.17, 15) is 27.2 Å². The Balaban J connectivity index is 0.00000961. The van der Waals surface area contributed by atoms with Gasteiger partial charge in [-0.15, -0.1) is 12.4 Å². The molecule has 0 aromatic heterocycles. The molecule has 0 saturated carbocycles. The minimum absolute atomic E-state index is 0. The molecule has 0 heterocycles. The molecule has 0 fully saturated rings. The van der Waals surface area contributed by atoms with Gasteiger partial charge in [-0.3, -0.25) is 9.59 Å². The fraction of sp³-hybridized carbons (Fsp3) is 0.500. The van der Waals surface area contributed by atoms with Gasteiger partial charge in [0.1, 0.15) is 18.8 Å². The Morgan fingerprint density at radius 1 is 1.09 bits per heavy atom. The van der Waals surface area contributed by atoms with E-state index >= 15 is 0 Å². The largest absolute Gasteiger partial charge is 0.454 e. The molecule has 0 bridgehead atoms. The van der Waals surface area contributed by atoms with Gasteiger partial charge < -0.3 is 21.1 Å². The lowest BCUT2D eigenvalue weighted by Gasteiger charge is -2.28. The van der Waals surface area contributed by atoms with Crippen molar-refractivity contribution >= 4 is 63.2 Å². The third-order valence-corrected chi connectivity index (χ3v) is 5.59. The summed E-state index contributed by atoms with van der Waals surface area (Å²) in [4.78, 5) is 34.5. The fourth-order valence-corrected chi connectivity index (χ4v) is 3.12. The van der Waals surface area contributed by atoms with E-state index in [1.807, 2.05) is 0 Å². The summed E-state index contributed by atoms with van der Waals surface area (Å²) >= 11 is 11.0. The highest BCUT2D eigenvalue weighted by atomic mass is 35.5. The van der Waals surface area contributed by atoms with Gasteiger partial charge in [0.05, 0.1) is 17.0 Å². The summed E-state index contributed by atoms with van der Waals surface area (Å²) in [6.07, 6.45) is -0.370. The van der Waals surface area contributed by atoms with Crippen LogP contribution >= 0.6 is 35.6 Å². The summed E-state index contributed by atoms with van der Waals surface area (Å²) < 4.78 is 42.5. The van der Waals surface area contributed by atoms with Gasteiger partial charge in [-0.25, -0.2) is 17.6 Å². The zero-order chi connectivity index (χ0) is 23.9. The first-order chi connectivity index (χ1) is 14.3. The molecule has 0 aliphatic heterocycles. The number of alkyl halides is 3. The molecule has 0 radical (unpaired) electrons. The van der Waals surface area contributed by atoms with E-state index in [1.165, 1.54) is 38.1 Å². The van der Waals surface area contributed by atoms with E-state index in [2.05, 4.69) is 10.6 Å². The van der Waals surface area contributed by atoms with E-state index in [0.29, 0.717) is 0 Å². The summed E-state index contributed by atoms with van der Waals surface area (Å²) in [6, 6.07) is 1.71. The average molecular weight is 537 g/mol. The van der Waals surface area contributed by atoms with Crippen molar-refractivity contribution in [1.82, 2.24) is 10.6 Å². The Hall–Kier alpha value is -1.66. The van der Waals surface area contributed by atoms with Crippen LogP contribution in [0.2, 0.25) is 0 Å². The molecule has 0 saturated heterocycles. The molecule has 14 heteroatoms. The first-order valence-corrected chi connectivity index (χ1v) is 11.7. The van der Waals surface area contributed by atoms with E-state index in [1.54, 1.807) is 0 Å². The topological polar surface area (TPSA) is 145 Å². The number of carbonyl (C=O) groups excluding carboxylic acids is 3. The summed E-state index contributed by atoms with van der Waals surface area (Å²) in [5.74, 6) is -2.47. The van der Waals surface area contributed by atoms with Crippen LogP contribution in [0.3, 0.4) is 0 Å². The van der Waals surface area contributed by atoms with Gasteiger partial charge in [-0.05, 0) is 31.5 Å². The highest BCUT2D eigenvalue weighted by molar-refractivity contribution is 7.90. The molecule has 1 aromatic rings. The summed E-state index contributed by atoms with van der Waals surface area (Å²) in [5.41, 5.74) is 5.63. The number of amides is 2. The summed E-state index contributed by atoms with van der Waals surface area (Å²) in [5, 5.41) is 4.57. The van der Waals surface area contributed by atoms with Crippen LogP contribution in [0, 0.1) is 0 Å². The van der Waals surface area contributed by atoms with Crippen LogP contribution < -0.4 is 16.4 Å². The van der Waals surface area contributed by atoms with Gasteiger partial charge in [-0.1, -0.05) is 35.3 Å². The molecule has 0 aliphatic carbocycles. The zero-order valence-electron chi connectivity index (χ0n) is 17.4. The number of nitrogens with one attached hydrogen (secondary N) is 2. The summed E-state index contributed by atoms with van der Waals surface area (Å²) in [6.45, 7) is 1.59. The molecule has 0 unspecified atom stereocenters. The number of carbonyl (C=O) groups is 3. The Bertz CT molecular complexity index is 900. The van der Waals surface area contributed by atoms with Gasteiger partial charge in [0.2, 0.25) is 5.91 Å². The first-order valence-electron chi connectivity index (χ1n) is 8.98. The Morgan fingerprint density at radius 3 is 2.03 bits per heavy atom. The average Bonchev–Trinajstić information content (AvgIpc) is 2.69. The van der Waals surface area contributed by atoms with Crippen molar-refractivity contribution in [3.8, 4) is 0 Å². The van der Waals surface area contributed by atoms with Gasteiger partial charge >= 0.3 is 5.97 Å². The van der Waals surface area contributed by atoms with Gasteiger partial charge in [-0.2, -0.15) is 0 Å². The van der Waals surface area contributed by atoms with Crippen molar-refractivity contribution in [3.05, 3.63) is 29.8 Å². The monoisotopic (exact) mass is 535 g/mol. The second-order valence-corrected chi connectivity index (χ2v) is 9.90. The molecule has 1 aromatic carbocycles. The SMILES string of the molecule is C[C@H](N)C(=O)N[C@@H](C)C(=O)O[C@H](c1ccc(S(C)(=O)=O)cc1)[C@@H](CF)NC(=O)C(Cl)Cl.Cl. The molecule has 0 spiro atoms. The first kappa shape index (κ1) is 30.3. The third-order valence-electron chi connectivity index (χ3n) is 4.06. The Kier molecular flexibility index (Phi) is 12.5. The maximum Gasteiger partial charge on any atom is 0.329 e. The maximum absolute atomic E-state index is 13.8. The van der Waals surface area contributed by atoms with Gasteiger partial charge in [0.15, 0.2) is 14.7 Å². The van der Waals surface area contributed by atoms with Crippen LogP contribution in [0.15, 0.2) is 29.2 Å². The number of halogens is 4. The minimum atomic E-state index is -3.51. The number of rotatable bonds is 10. The normalized spacial score (nSPS) is 15.0. The lowest BCUT2D eigenvalue weighted by atomic mass is 10.0. The molecule has 0 aliphatic rings. The standard InChI is InChI=1S/C18H24Cl2FN3O6S.ClH/c1-9(22)16(25)23-10(2)18(27)30-14(13(8-21)24-17(26)15(19)20)11-4-6-12(7-5-11)31(3,28)29;/h4-7,9-10,13-15H,8,22H2,1-3H3,(H,23,25)(H,24,26);1H/t9-,10-,13+,14+;/m0./s1. The van der Waals surface area contributed by atoms with Crippen LogP contribution in [-0.2, 0) is 29.0 Å². The Labute approximate surface area is 201 Å². The molecule has 4 atom stereocenters. The smallest absolute Gasteiger partial charge is 0.329 e. The quantitative estimate of drug-likeness (QED) is 0.301. The van der Waals surface area contributed by atoms with Crippen molar-refractivity contribution in [2.45, 2.75) is 47.8 Å². The van der Waals surface area contributed by atoms with Crippen molar-refractivity contribution < 1.29 is 31.9 Å². The van der Waals surface area contributed by atoms with E-state index in [-0.39, 0.29) is 22.9 Å². The van der Waals surface area contributed by atoms with Gasteiger partial charge in [0, 0.05) is 6.26 Å². The molecule has 2 amide bonds. The van der Waals surface area contributed by atoms with Crippen LogP contribution in [-0.4, -0.2) is 62.1 Å². The van der Waals surface area contributed by atoms with Crippen LogP contribution in [0.5, 0.6) is 0 Å². The predicted octanol–water partition coefficient (Wildman–Crippen LogP) is 1.21. The lowest BCUT2D eigenvalue weighted by Crippen LogP contribution is -2.48.